The minimum absolute atomic E-state index is 0.621. The van der Waals surface area contributed by atoms with E-state index in [1.54, 1.807) is 7.11 Å². The molecule has 1 saturated heterocycles. The van der Waals surface area contributed by atoms with Crippen LogP contribution < -0.4 is 10.1 Å². The van der Waals surface area contributed by atoms with E-state index in [4.69, 9.17) is 4.74 Å². The van der Waals surface area contributed by atoms with Gasteiger partial charge in [-0.2, -0.15) is 0 Å². The van der Waals surface area contributed by atoms with Crippen LogP contribution in [-0.2, 0) is 6.42 Å². The van der Waals surface area contributed by atoms with E-state index in [-0.39, 0.29) is 0 Å². The summed E-state index contributed by atoms with van der Waals surface area (Å²) >= 11 is 0. The highest BCUT2D eigenvalue weighted by Crippen LogP contribution is 2.31. The molecule has 2 aromatic rings. The smallest absolute Gasteiger partial charge is 0.126 e. The van der Waals surface area contributed by atoms with Crippen molar-refractivity contribution in [3.05, 3.63) is 54.1 Å². The summed E-state index contributed by atoms with van der Waals surface area (Å²) in [5.41, 5.74) is 3.79. The Balaban J connectivity index is 1.86. The van der Waals surface area contributed by atoms with Crippen LogP contribution in [0.15, 0.2) is 48.5 Å². The van der Waals surface area contributed by atoms with Crippen LogP contribution in [0.2, 0.25) is 0 Å². The highest BCUT2D eigenvalue weighted by molar-refractivity contribution is 5.71. The molecule has 3 rings (SSSR count). The van der Waals surface area contributed by atoms with Crippen molar-refractivity contribution in [3.63, 3.8) is 0 Å². The van der Waals surface area contributed by atoms with Crippen LogP contribution in [0.5, 0.6) is 5.75 Å². The fourth-order valence-electron chi connectivity index (χ4n) is 3.11. The highest BCUT2D eigenvalue weighted by atomic mass is 16.5. The molecule has 2 aromatic carbocycles. The van der Waals surface area contributed by atoms with Gasteiger partial charge in [-0.3, -0.25) is 0 Å². The molecule has 110 valence electrons. The Morgan fingerprint density at radius 3 is 2.67 bits per heavy atom. The molecule has 0 amide bonds. The normalized spacial score (nSPS) is 18.4. The number of hydrogen-bond acceptors (Lipinski definition) is 2. The fraction of sp³-hybridized carbons (Fsp3) is 0.368. The second-order valence-electron chi connectivity index (χ2n) is 5.75. The molecular formula is C19H23NO. The summed E-state index contributed by atoms with van der Waals surface area (Å²) in [6.07, 6.45) is 5.05. The van der Waals surface area contributed by atoms with Gasteiger partial charge in [0.2, 0.25) is 0 Å². The van der Waals surface area contributed by atoms with Crippen LogP contribution >= 0.6 is 0 Å². The third-order valence-corrected chi connectivity index (χ3v) is 4.24. The maximum Gasteiger partial charge on any atom is 0.126 e. The van der Waals surface area contributed by atoms with Crippen molar-refractivity contribution in [2.24, 2.45) is 0 Å². The number of piperidine rings is 1. The number of nitrogens with one attached hydrogen (secondary N) is 1. The summed E-state index contributed by atoms with van der Waals surface area (Å²) in [6.45, 7) is 1.16. The first-order chi connectivity index (χ1) is 10.4. The number of rotatable bonds is 4. The summed E-state index contributed by atoms with van der Waals surface area (Å²) in [5, 5.41) is 3.62. The van der Waals surface area contributed by atoms with E-state index >= 15 is 0 Å². The second-order valence-corrected chi connectivity index (χ2v) is 5.75. The lowest BCUT2D eigenvalue weighted by Crippen LogP contribution is -2.35. The molecule has 1 aliphatic rings. The van der Waals surface area contributed by atoms with Crippen molar-refractivity contribution in [2.45, 2.75) is 31.7 Å². The average molecular weight is 281 g/mol. The molecule has 1 N–H and O–H groups in total. The molecule has 0 radical (unpaired) electrons. The Morgan fingerprint density at radius 2 is 1.95 bits per heavy atom. The zero-order chi connectivity index (χ0) is 14.5. The number of hydrogen-bond donors (Lipinski definition) is 1. The van der Waals surface area contributed by atoms with E-state index in [0.717, 1.165) is 18.7 Å². The van der Waals surface area contributed by atoms with Gasteiger partial charge >= 0.3 is 0 Å². The van der Waals surface area contributed by atoms with E-state index in [1.807, 2.05) is 6.07 Å². The van der Waals surface area contributed by atoms with Gasteiger partial charge in [-0.1, -0.05) is 42.8 Å². The van der Waals surface area contributed by atoms with Crippen molar-refractivity contribution in [1.82, 2.24) is 5.32 Å². The first-order valence-electron chi connectivity index (χ1n) is 7.82. The molecule has 1 unspecified atom stereocenters. The molecule has 2 nitrogen and oxygen atoms in total. The maximum absolute atomic E-state index is 5.53. The SMILES string of the molecule is COc1ccc(CC2CCCCN2)cc1-c1ccccc1. The van der Waals surface area contributed by atoms with Crippen LogP contribution in [-0.4, -0.2) is 19.7 Å². The lowest BCUT2D eigenvalue weighted by Gasteiger charge is -2.24. The Kier molecular flexibility index (Phi) is 4.56. The predicted molar refractivity (Wildman–Crippen MR) is 87.8 cm³/mol. The molecule has 0 aliphatic carbocycles. The van der Waals surface area contributed by atoms with Gasteiger partial charge in [0, 0.05) is 11.6 Å². The van der Waals surface area contributed by atoms with Gasteiger partial charge in [0.1, 0.15) is 5.75 Å². The fourth-order valence-corrected chi connectivity index (χ4v) is 3.11. The van der Waals surface area contributed by atoms with E-state index < -0.39 is 0 Å². The summed E-state index contributed by atoms with van der Waals surface area (Å²) in [7, 11) is 1.74. The number of methoxy groups -OCH3 is 1. The van der Waals surface area contributed by atoms with Crippen molar-refractivity contribution < 1.29 is 4.74 Å². The monoisotopic (exact) mass is 281 g/mol. The standard InChI is InChI=1S/C19H23NO/c1-21-19-11-10-15(13-17-9-5-6-12-20-17)14-18(19)16-7-3-2-4-8-16/h2-4,7-8,10-11,14,17,20H,5-6,9,12-13H2,1H3. The molecular weight excluding hydrogens is 258 g/mol. The van der Waals surface area contributed by atoms with Crippen LogP contribution in [0.4, 0.5) is 0 Å². The molecule has 1 atom stereocenters. The summed E-state index contributed by atoms with van der Waals surface area (Å²) < 4.78 is 5.53. The highest BCUT2D eigenvalue weighted by Gasteiger charge is 2.14. The van der Waals surface area contributed by atoms with Crippen LogP contribution in [0, 0.1) is 0 Å². The third kappa shape index (κ3) is 3.45. The first kappa shape index (κ1) is 14.2. The van der Waals surface area contributed by atoms with Crippen LogP contribution in [0.3, 0.4) is 0 Å². The maximum atomic E-state index is 5.53. The first-order valence-corrected chi connectivity index (χ1v) is 7.82. The third-order valence-electron chi connectivity index (χ3n) is 4.24. The molecule has 21 heavy (non-hydrogen) atoms. The van der Waals surface area contributed by atoms with Gasteiger partial charge in [-0.25, -0.2) is 0 Å². The molecule has 1 fully saturated rings. The molecule has 0 aromatic heterocycles. The number of ether oxygens (including phenoxy) is 1. The lowest BCUT2D eigenvalue weighted by molar-refractivity contribution is 0.398. The minimum atomic E-state index is 0.621. The molecule has 1 aliphatic heterocycles. The van der Waals surface area contributed by atoms with Crippen LogP contribution in [0.1, 0.15) is 24.8 Å². The quantitative estimate of drug-likeness (QED) is 0.913. The molecule has 0 spiro atoms. The van der Waals surface area contributed by atoms with Crippen molar-refractivity contribution >= 4 is 0 Å². The van der Waals surface area contributed by atoms with Gasteiger partial charge in [0.05, 0.1) is 7.11 Å². The van der Waals surface area contributed by atoms with E-state index in [9.17, 15) is 0 Å². The molecule has 2 heteroatoms. The van der Waals surface area contributed by atoms with Crippen molar-refractivity contribution in [2.75, 3.05) is 13.7 Å². The lowest BCUT2D eigenvalue weighted by atomic mass is 9.95. The van der Waals surface area contributed by atoms with Crippen LogP contribution in [0.25, 0.3) is 11.1 Å². The zero-order valence-corrected chi connectivity index (χ0v) is 12.6. The van der Waals surface area contributed by atoms with Crippen molar-refractivity contribution in [3.8, 4) is 16.9 Å². The molecule has 0 saturated carbocycles. The average Bonchev–Trinajstić information content (AvgIpc) is 2.56. The van der Waals surface area contributed by atoms with Gasteiger partial charge in [-0.15, -0.1) is 0 Å². The summed E-state index contributed by atoms with van der Waals surface area (Å²) in [4.78, 5) is 0. The largest absolute Gasteiger partial charge is 0.496 e. The summed E-state index contributed by atoms with van der Waals surface area (Å²) in [6, 6.07) is 17.7. The van der Waals surface area contributed by atoms with Gasteiger partial charge < -0.3 is 10.1 Å². The van der Waals surface area contributed by atoms with E-state index in [2.05, 4.69) is 47.8 Å². The molecule has 1 heterocycles. The zero-order valence-electron chi connectivity index (χ0n) is 12.6. The Hall–Kier alpha value is -1.80. The second kappa shape index (κ2) is 6.77. The Labute approximate surface area is 127 Å². The summed E-state index contributed by atoms with van der Waals surface area (Å²) in [5.74, 6) is 0.946. The van der Waals surface area contributed by atoms with Crippen molar-refractivity contribution in [1.29, 1.82) is 0 Å². The van der Waals surface area contributed by atoms with Gasteiger partial charge in [-0.05, 0) is 49.1 Å². The predicted octanol–water partition coefficient (Wildman–Crippen LogP) is 4.05. The molecule has 0 bridgehead atoms. The topological polar surface area (TPSA) is 21.3 Å². The van der Waals surface area contributed by atoms with Gasteiger partial charge in [0.15, 0.2) is 0 Å². The van der Waals surface area contributed by atoms with Gasteiger partial charge in [0.25, 0.3) is 0 Å². The number of benzene rings is 2. The minimum Gasteiger partial charge on any atom is -0.496 e. The Morgan fingerprint density at radius 1 is 1.10 bits per heavy atom. The van der Waals surface area contributed by atoms with E-state index in [0.29, 0.717) is 6.04 Å². The van der Waals surface area contributed by atoms with E-state index in [1.165, 1.54) is 36.0 Å². The Bertz CT molecular complexity index is 573.